The molecule has 2 aromatic rings. The standard InChI is InChI=1S/C18H24ClN3O/c1-5-10-23-17(14-6-8-15(19)9-7-14)16(11-18(2,3)4)22-13-20-12-21-22/h5-10,12-13,16-17H,11H2,1-4H3. The third-order valence-electron chi connectivity index (χ3n) is 3.51. The molecule has 5 heteroatoms. The van der Waals surface area contributed by atoms with E-state index in [1.165, 1.54) is 0 Å². The molecule has 1 aromatic heterocycles. The Labute approximate surface area is 143 Å². The van der Waals surface area contributed by atoms with Crippen molar-refractivity contribution in [3.8, 4) is 0 Å². The Balaban J connectivity index is 2.40. The fourth-order valence-corrected chi connectivity index (χ4v) is 2.69. The van der Waals surface area contributed by atoms with Crippen molar-refractivity contribution in [3.05, 3.63) is 59.8 Å². The largest absolute Gasteiger partial charge is 0.491 e. The quantitative estimate of drug-likeness (QED) is 0.682. The summed E-state index contributed by atoms with van der Waals surface area (Å²) in [7, 11) is 0. The summed E-state index contributed by atoms with van der Waals surface area (Å²) in [6.45, 7) is 8.58. The Morgan fingerprint density at radius 3 is 2.48 bits per heavy atom. The van der Waals surface area contributed by atoms with Crippen LogP contribution in [0.1, 0.15) is 51.8 Å². The van der Waals surface area contributed by atoms with E-state index in [2.05, 4.69) is 30.9 Å². The van der Waals surface area contributed by atoms with Crippen molar-refractivity contribution in [1.29, 1.82) is 0 Å². The van der Waals surface area contributed by atoms with Crippen LogP contribution in [-0.4, -0.2) is 14.8 Å². The van der Waals surface area contributed by atoms with E-state index in [-0.39, 0.29) is 17.6 Å². The molecule has 0 amide bonds. The topological polar surface area (TPSA) is 39.9 Å². The Kier molecular flexibility index (Phi) is 5.83. The zero-order chi connectivity index (χ0) is 16.9. The molecule has 0 saturated heterocycles. The molecule has 4 nitrogen and oxygen atoms in total. The van der Waals surface area contributed by atoms with Gasteiger partial charge in [-0.3, -0.25) is 0 Å². The molecule has 1 heterocycles. The van der Waals surface area contributed by atoms with Crippen LogP contribution >= 0.6 is 11.6 Å². The van der Waals surface area contributed by atoms with Crippen LogP contribution in [0.25, 0.3) is 0 Å². The summed E-state index contributed by atoms with van der Waals surface area (Å²) in [6, 6.07) is 7.82. The highest BCUT2D eigenvalue weighted by Crippen LogP contribution is 2.38. The van der Waals surface area contributed by atoms with Gasteiger partial charge in [-0.1, -0.05) is 50.6 Å². The molecule has 23 heavy (non-hydrogen) atoms. The molecular formula is C18H24ClN3O. The smallest absolute Gasteiger partial charge is 0.145 e. The molecule has 0 spiro atoms. The maximum Gasteiger partial charge on any atom is 0.145 e. The van der Waals surface area contributed by atoms with Gasteiger partial charge in [0.25, 0.3) is 0 Å². The highest BCUT2D eigenvalue weighted by atomic mass is 35.5. The lowest BCUT2D eigenvalue weighted by atomic mass is 9.84. The van der Waals surface area contributed by atoms with E-state index < -0.39 is 0 Å². The second-order valence-corrected chi connectivity index (χ2v) is 7.22. The number of hydrogen-bond donors (Lipinski definition) is 0. The number of benzene rings is 1. The highest BCUT2D eigenvalue weighted by molar-refractivity contribution is 6.30. The van der Waals surface area contributed by atoms with Crippen molar-refractivity contribution in [3.63, 3.8) is 0 Å². The summed E-state index contributed by atoms with van der Waals surface area (Å²) in [5, 5.41) is 5.06. The van der Waals surface area contributed by atoms with Gasteiger partial charge in [0.2, 0.25) is 0 Å². The number of ether oxygens (including phenoxy) is 1. The molecule has 0 saturated carbocycles. The van der Waals surface area contributed by atoms with Gasteiger partial charge in [0.1, 0.15) is 18.8 Å². The lowest BCUT2D eigenvalue weighted by molar-refractivity contribution is 0.0623. The summed E-state index contributed by atoms with van der Waals surface area (Å²) < 4.78 is 7.92. The molecule has 0 N–H and O–H groups in total. The van der Waals surface area contributed by atoms with Crippen LogP contribution in [0.5, 0.6) is 0 Å². The number of halogens is 1. The third-order valence-corrected chi connectivity index (χ3v) is 3.76. The Hall–Kier alpha value is -1.81. The SMILES string of the molecule is CC=COC(c1ccc(Cl)cc1)C(CC(C)(C)C)n1cncn1. The van der Waals surface area contributed by atoms with E-state index in [4.69, 9.17) is 16.3 Å². The van der Waals surface area contributed by atoms with Crippen LogP contribution in [0.3, 0.4) is 0 Å². The average molecular weight is 334 g/mol. The van der Waals surface area contributed by atoms with E-state index in [0.29, 0.717) is 5.02 Å². The lowest BCUT2D eigenvalue weighted by Crippen LogP contribution is -2.25. The molecule has 1 aromatic carbocycles. The molecule has 0 radical (unpaired) electrons. The summed E-state index contributed by atoms with van der Waals surface area (Å²) in [5.74, 6) is 0. The van der Waals surface area contributed by atoms with E-state index in [0.717, 1.165) is 12.0 Å². The van der Waals surface area contributed by atoms with Crippen molar-refractivity contribution >= 4 is 11.6 Å². The van der Waals surface area contributed by atoms with Crippen LogP contribution < -0.4 is 0 Å². The van der Waals surface area contributed by atoms with Crippen LogP contribution in [0.2, 0.25) is 5.02 Å². The minimum absolute atomic E-state index is 0.0369. The first-order valence-corrected chi connectivity index (χ1v) is 8.15. The lowest BCUT2D eigenvalue weighted by Gasteiger charge is -2.32. The van der Waals surface area contributed by atoms with Gasteiger partial charge in [-0.2, -0.15) is 5.10 Å². The Morgan fingerprint density at radius 2 is 1.96 bits per heavy atom. The molecule has 2 rings (SSSR count). The third kappa shape index (κ3) is 5.10. The zero-order valence-corrected chi connectivity index (χ0v) is 14.9. The van der Waals surface area contributed by atoms with Gasteiger partial charge in [0, 0.05) is 5.02 Å². The number of aromatic nitrogens is 3. The number of hydrogen-bond acceptors (Lipinski definition) is 3. The van der Waals surface area contributed by atoms with Gasteiger partial charge < -0.3 is 4.74 Å². The second-order valence-electron chi connectivity index (χ2n) is 6.79. The van der Waals surface area contributed by atoms with Gasteiger partial charge in [-0.25, -0.2) is 9.67 Å². The molecule has 0 aliphatic heterocycles. The maximum atomic E-state index is 6.04. The van der Waals surface area contributed by atoms with Crippen LogP contribution in [0.15, 0.2) is 49.3 Å². The molecular weight excluding hydrogens is 310 g/mol. The first kappa shape index (κ1) is 17.5. The van der Waals surface area contributed by atoms with E-state index >= 15 is 0 Å². The van der Waals surface area contributed by atoms with Crippen molar-refractivity contribution in [2.75, 3.05) is 0 Å². The number of nitrogens with zero attached hydrogens (tertiary/aromatic N) is 3. The summed E-state index contributed by atoms with van der Waals surface area (Å²) in [6.07, 6.45) is 7.66. The van der Waals surface area contributed by atoms with Crippen LogP contribution in [0, 0.1) is 5.41 Å². The monoisotopic (exact) mass is 333 g/mol. The predicted octanol–water partition coefficient (Wildman–Crippen LogP) is 5.20. The van der Waals surface area contributed by atoms with Crippen molar-refractivity contribution in [2.45, 2.75) is 46.3 Å². The maximum absolute atomic E-state index is 6.04. The highest BCUT2D eigenvalue weighted by Gasteiger charge is 2.30. The van der Waals surface area contributed by atoms with E-state index in [9.17, 15) is 0 Å². The molecule has 0 aliphatic rings. The molecule has 0 bridgehead atoms. The Bertz CT molecular complexity index is 615. The number of rotatable bonds is 6. The predicted molar refractivity (Wildman–Crippen MR) is 93.2 cm³/mol. The molecule has 0 fully saturated rings. The molecule has 124 valence electrons. The van der Waals surface area contributed by atoms with Gasteiger partial charge in [-0.15, -0.1) is 0 Å². The zero-order valence-electron chi connectivity index (χ0n) is 14.1. The molecule has 0 aliphatic carbocycles. The van der Waals surface area contributed by atoms with Gasteiger partial charge in [0.15, 0.2) is 0 Å². The van der Waals surface area contributed by atoms with Gasteiger partial charge >= 0.3 is 0 Å². The van der Waals surface area contributed by atoms with Crippen molar-refractivity contribution in [1.82, 2.24) is 14.8 Å². The summed E-state index contributed by atoms with van der Waals surface area (Å²) >= 11 is 6.02. The first-order chi connectivity index (χ1) is 10.9. The minimum Gasteiger partial charge on any atom is -0.491 e. The van der Waals surface area contributed by atoms with E-state index in [1.54, 1.807) is 18.9 Å². The average Bonchev–Trinajstić information content (AvgIpc) is 3.01. The summed E-state index contributed by atoms with van der Waals surface area (Å²) in [4.78, 5) is 4.10. The second kappa shape index (κ2) is 7.64. The first-order valence-electron chi connectivity index (χ1n) is 7.77. The molecule has 2 atom stereocenters. The van der Waals surface area contributed by atoms with Crippen molar-refractivity contribution in [2.24, 2.45) is 5.41 Å². The summed E-state index contributed by atoms with van der Waals surface area (Å²) in [5.41, 5.74) is 1.19. The molecule has 2 unspecified atom stereocenters. The van der Waals surface area contributed by atoms with E-state index in [1.807, 2.05) is 41.9 Å². The fraction of sp³-hybridized carbons (Fsp3) is 0.444. The number of allylic oxidation sites excluding steroid dienone is 1. The fourth-order valence-electron chi connectivity index (χ4n) is 2.56. The van der Waals surface area contributed by atoms with Gasteiger partial charge in [0.05, 0.1) is 12.3 Å². The van der Waals surface area contributed by atoms with Crippen LogP contribution in [-0.2, 0) is 4.74 Å². The minimum atomic E-state index is -0.163. The normalized spacial score (nSPS) is 14.8. The van der Waals surface area contributed by atoms with Crippen molar-refractivity contribution < 1.29 is 4.74 Å². The van der Waals surface area contributed by atoms with Gasteiger partial charge in [-0.05, 0) is 36.5 Å². The Morgan fingerprint density at radius 1 is 1.26 bits per heavy atom. The van der Waals surface area contributed by atoms with Crippen LogP contribution in [0.4, 0.5) is 0 Å².